The van der Waals surface area contributed by atoms with Crippen LogP contribution in [0.1, 0.15) is 24.2 Å². The molecule has 0 saturated heterocycles. The van der Waals surface area contributed by atoms with Crippen molar-refractivity contribution in [2.75, 3.05) is 26.0 Å². The van der Waals surface area contributed by atoms with E-state index in [2.05, 4.69) is 24.1 Å². The Kier molecular flexibility index (Phi) is 4.23. The molecule has 0 aliphatic heterocycles. The molecule has 0 aliphatic carbocycles. The predicted octanol–water partition coefficient (Wildman–Crippen LogP) is 3.00. The minimum Gasteiger partial charge on any atom is -0.373 e. The third-order valence-corrected chi connectivity index (χ3v) is 3.19. The molecule has 106 valence electrons. The Hall–Kier alpha value is -2.10. The molecule has 2 aromatic rings. The van der Waals surface area contributed by atoms with Crippen molar-refractivity contribution in [3.63, 3.8) is 0 Å². The van der Waals surface area contributed by atoms with Crippen LogP contribution < -0.4 is 5.32 Å². The minimum absolute atomic E-state index is 0.0359. The fraction of sp³-hybridized carbons (Fsp3) is 0.375. The fourth-order valence-electron chi connectivity index (χ4n) is 2.32. The lowest BCUT2D eigenvalue weighted by molar-refractivity contribution is 0.0781. The molecule has 4 nitrogen and oxygen atoms in total. The maximum atomic E-state index is 12.6. The van der Waals surface area contributed by atoms with Gasteiger partial charge >= 0.3 is 0 Å². The summed E-state index contributed by atoms with van der Waals surface area (Å²) in [4.78, 5) is 18.9. The first-order valence-corrected chi connectivity index (χ1v) is 6.86. The zero-order valence-corrected chi connectivity index (χ0v) is 12.5. The highest BCUT2D eigenvalue weighted by Gasteiger charge is 2.17. The quantitative estimate of drug-likeness (QED) is 0.929. The van der Waals surface area contributed by atoms with Crippen LogP contribution in [0.2, 0.25) is 0 Å². The van der Waals surface area contributed by atoms with Crippen molar-refractivity contribution < 1.29 is 4.79 Å². The van der Waals surface area contributed by atoms with Gasteiger partial charge in [-0.1, -0.05) is 32.0 Å². The van der Waals surface area contributed by atoms with Crippen molar-refractivity contribution in [1.82, 2.24) is 9.88 Å². The monoisotopic (exact) mass is 271 g/mol. The van der Waals surface area contributed by atoms with Gasteiger partial charge in [-0.2, -0.15) is 0 Å². The fourth-order valence-corrected chi connectivity index (χ4v) is 2.32. The number of pyridine rings is 1. The topological polar surface area (TPSA) is 45.2 Å². The summed E-state index contributed by atoms with van der Waals surface area (Å²) >= 11 is 0. The molecule has 1 aromatic carbocycles. The van der Waals surface area contributed by atoms with Crippen molar-refractivity contribution in [2.24, 2.45) is 5.92 Å². The van der Waals surface area contributed by atoms with Crippen molar-refractivity contribution in [3.05, 3.63) is 35.9 Å². The first-order valence-electron chi connectivity index (χ1n) is 6.86. The number of para-hydroxylation sites is 1. The molecule has 0 unspecified atom stereocenters. The van der Waals surface area contributed by atoms with Crippen LogP contribution in [-0.4, -0.2) is 36.4 Å². The van der Waals surface area contributed by atoms with E-state index < -0.39 is 0 Å². The third-order valence-electron chi connectivity index (χ3n) is 3.19. The van der Waals surface area contributed by atoms with Crippen LogP contribution in [0.4, 0.5) is 5.82 Å². The molecular weight excluding hydrogens is 250 g/mol. The van der Waals surface area contributed by atoms with Crippen LogP contribution in [0.5, 0.6) is 0 Å². The summed E-state index contributed by atoms with van der Waals surface area (Å²) in [7, 11) is 3.65. The molecule has 4 heteroatoms. The number of fused-ring (bicyclic) bond motifs is 1. The van der Waals surface area contributed by atoms with Crippen molar-refractivity contribution in [2.45, 2.75) is 13.8 Å². The van der Waals surface area contributed by atoms with E-state index >= 15 is 0 Å². The van der Waals surface area contributed by atoms with E-state index in [9.17, 15) is 4.79 Å². The Labute approximate surface area is 119 Å². The van der Waals surface area contributed by atoms with Gasteiger partial charge in [0.1, 0.15) is 5.82 Å². The number of hydrogen-bond donors (Lipinski definition) is 1. The molecule has 1 heterocycles. The molecule has 2 rings (SSSR count). The molecule has 1 N–H and O–H groups in total. The highest BCUT2D eigenvalue weighted by molar-refractivity contribution is 6.06. The zero-order valence-electron chi connectivity index (χ0n) is 12.5. The molecule has 0 bridgehead atoms. The maximum absolute atomic E-state index is 12.6. The Balaban J connectivity index is 2.49. The Morgan fingerprint density at radius 1 is 1.35 bits per heavy atom. The molecule has 0 saturated carbocycles. The average molecular weight is 271 g/mol. The number of nitrogens with zero attached hydrogens (tertiary/aromatic N) is 2. The van der Waals surface area contributed by atoms with Gasteiger partial charge in [0.2, 0.25) is 0 Å². The summed E-state index contributed by atoms with van der Waals surface area (Å²) in [5.41, 5.74) is 1.53. The number of rotatable bonds is 4. The smallest absolute Gasteiger partial charge is 0.254 e. The first kappa shape index (κ1) is 14.3. The number of benzene rings is 1. The van der Waals surface area contributed by atoms with Gasteiger partial charge in [-0.3, -0.25) is 4.79 Å². The van der Waals surface area contributed by atoms with E-state index in [1.54, 1.807) is 4.90 Å². The number of anilines is 1. The van der Waals surface area contributed by atoms with Crippen LogP contribution in [0.15, 0.2) is 30.3 Å². The summed E-state index contributed by atoms with van der Waals surface area (Å²) in [6, 6.07) is 9.55. The lowest BCUT2D eigenvalue weighted by atomic mass is 10.1. The normalized spacial score (nSPS) is 10.8. The van der Waals surface area contributed by atoms with E-state index in [1.165, 1.54) is 0 Å². The average Bonchev–Trinajstić information content (AvgIpc) is 2.44. The van der Waals surface area contributed by atoms with Gasteiger partial charge in [-0.05, 0) is 18.1 Å². The van der Waals surface area contributed by atoms with Gasteiger partial charge in [-0.15, -0.1) is 0 Å². The first-order chi connectivity index (χ1) is 9.52. The molecular formula is C16H21N3O. The largest absolute Gasteiger partial charge is 0.373 e. The molecule has 1 amide bonds. The Morgan fingerprint density at radius 3 is 2.70 bits per heavy atom. The second-order valence-electron chi connectivity index (χ2n) is 5.40. The van der Waals surface area contributed by atoms with Crippen LogP contribution in [0.3, 0.4) is 0 Å². The third kappa shape index (κ3) is 2.90. The number of aromatic nitrogens is 1. The van der Waals surface area contributed by atoms with E-state index in [0.717, 1.165) is 17.4 Å². The lowest BCUT2D eigenvalue weighted by Gasteiger charge is -2.20. The highest BCUT2D eigenvalue weighted by Crippen LogP contribution is 2.22. The predicted molar refractivity (Wildman–Crippen MR) is 83.1 cm³/mol. The summed E-state index contributed by atoms with van der Waals surface area (Å²) < 4.78 is 0. The van der Waals surface area contributed by atoms with Crippen molar-refractivity contribution in [3.8, 4) is 0 Å². The minimum atomic E-state index is 0.0359. The van der Waals surface area contributed by atoms with Crippen molar-refractivity contribution in [1.29, 1.82) is 0 Å². The van der Waals surface area contributed by atoms with E-state index in [0.29, 0.717) is 17.3 Å². The van der Waals surface area contributed by atoms with Gasteiger partial charge in [0, 0.05) is 26.0 Å². The Morgan fingerprint density at radius 2 is 2.05 bits per heavy atom. The van der Waals surface area contributed by atoms with Gasteiger partial charge < -0.3 is 10.2 Å². The number of hydrogen-bond acceptors (Lipinski definition) is 3. The van der Waals surface area contributed by atoms with Crippen LogP contribution in [0.25, 0.3) is 10.9 Å². The molecule has 0 radical (unpaired) electrons. The molecule has 1 aromatic heterocycles. The summed E-state index contributed by atoms with van der Waals surface area (Å²) in [6.07, 6.45) is 0. The Bertz CT molecular complexity index is 622. The summed E-state index contributed by atoms with van der Waals surface area (Å²) in [5, 5.41) is 3.91. The van der Waals surface area contributed by atoms with Crippen LogP contribution >= 0.6 is 0 Å². The molecule has 20 heavy (non-hydrogen) atoms. The van der Waals surface area contributed by atoms with Gasteiger partial charge in [0.25, 0.3) is 5.91 Å². The van der Waals surface area contributed by atoms with Gasteiger partial charge in [-0.25, -0.2) is 4.98 Å². The van der Waals surface area contributed by atoms with Crippen LogP contribution in [-0.2, 0) is 0 Å². The van der Waals surface area contributed by atoms with E-state index in [1.807, 2.05) is 44.4 Å². The number of carbonyl (C=O) groups excluding carboxylic acids is 1. The summed E-state index contributed by atoms with van der Waals surface area (Å²) in [5.74, 6) is 1.19. The second kappa shape index (κ2) is 5.90. The van der Waals surface area contributed by atoms with Crippen LogP contribution in [0, 0.1) is 5.92 Å². The molecule has 0 spiro atoms. The highest BCUT2D eigenvalue weighted by atomic mass is 16.2. The maximum Gasteiger partial charge on any atom is 0.254 e. The molecule has 0 atom stereocenters. The molecule has 0 fully saturated rings. The second-order valence-corrected chi connectivity index (χ2v) is 5.40. The molecule has 0 aliphatic rings. The number of carbonyl (C=O) groups is 1. The summed E-state index contributed by atoms with van der Waals surface area (Å²) in [6.45, 7) is 4.95. The van der Waals surface area contributed by atoms with Gasteiger partial charge in [0.15, 0.2) is 0 Å². The van der Waals surface area contributed by atoms with E-state index in [4.69, 9.17) is 0 Å². The van der Waals surface area contributed by atoms with E-state index in [-0.39, 0.29) is 5.91 Å². The number of nitrogens with one attached hydrogen (secondary N) is 1. The van der Waals surface area contributed by atoms with Crippen molar-refractivity contribution >= 4 is 22.6 Å². The SMILES string of the molecule is CNc1cc(C(=O)N(C)CC(C)C)c2ccccc2n1. The zero-order chi connectivity index (χ0) is 14.7. The number of amides is 1. The van der Waals surface area contributed by atoms with Gasteiger partial charge in [0.05, 0.1) is 11.1 Å². The lowest BCUT2D eigenvalue weighted by Crippen LogP contribution is -2.30. The standard InChI is InChI=1S/C16H21N3O/c1-11(2)10-19(4)16(20)13-9-15(17-3)18-14-8-6-5-7-12(13)14/h5-9,11H,10H2,1-4H3,(H,17,18).